The number of rotatable bonds is 3. The Morgan fingerprint density at radius 3 is 2.50 bits per heavy atom. The van der Waals surface area contributed by atoms with Gasteiger partial charge >= 0.3 is 0 Å². The zero-order valence-electron chi connectivity index (χ0n) is 11.1. The van der Waals surface area contributed by atoms with E-state index in [1.54, 1.807) is 0 Å². The average Bonchev–Trinajstić information content (AvgIpc) is 2.45. The molecule has 3 heteroatoms. The van der Waals surface area contributed by atoms with Crippen LogP contribution in [0.15, 0.2) is 0 Å². The summed E-state index contributed by atoms with van der Waals surface area (Å²) in [7, 11) is 0. The molecule has 1 fully saturated rings. The van der Waals surface area contributed by atoms with Crippen LogP contribution in [0.4, 0.5) is 0 Å². The van der Waals surface area contributed by atoms with E-state index < -0.39 is 0 Å². The molecule has 1 saturated carbocycles. The van der Waals surface area contributed by atoms with E-state index in [9.17, 15) is 5.26 Å². The summed E-state index contributed by atoms with van der Waals surface area (Å²) in [6.45, 7) is 10.4. The average molecular weight is 224 g/mol. The summed E-state index contributed by atoms with van der Waals surface area (Å²) in [5, 5.41) is 12.7. The zero-order chi connectivity index (χ0) is 12.4. The molecule has 16 heavy (non-hydrogen) atoms. The second kappa shape index (κ2) is 4.73. The van der Waals surface area contributed by atoms with E-state index in [4.69, 9.17) is 4.74 Å². The SMILES string of the molecule is CC(C)NC1(C#N)CCC(OC(C)(C)C)C1. The highest BCUT2D eigenvalue weighted by molar-refractivity contribution is 5.12. The molecular formula is C13H24N2O. The van der Waals surface area contributed by atoms with Gasteiger partial charge in [-0.1, -0.05) is 0 Å². The molecule has 0 saturated heterocycles. The van der Waals surface area contributed by atoms with E-state index >= 15 is 0 Å². The molecule has 1 N–H and O–H groups in total. The van der Waals surface area contributed by atoms with Crippen LogP contribution in [0.3, 0.4) is 0 Å². The van der Waals surface area contributed by atoms with Gasteiger partial charge in [0, 0.05) is 12.5 Å². The molecule has 0 aromatic carbocycles. The summed E-state index contributed by atoms with van der Waals surface area (Å²) in [6.07, 6.45) is 2.89. The predicted octanol–water partition coefficient (Wildman–Crippen LogP) is 2.61. The molecule has 0 spiro atoms. The van der Waals surface area contributed by atoms with E-state index in [1.807, 2.05) is 0 Å². The molecule has 0 aliphatic heterocycles. The van der Waals surface area contributed by atoms with Gasteiger partial charge in [-0.05, 0) is 47.5 Å². The van der Waals surface area contributed by atoms with Crippen molar-refractivity contribution in [2.45, 2.75) is 77.2 Å². The Kier molecular flexibility index (Phi) is 3.98. The van der Waals surface area contributed by atoms with Crippen molar-refractivity contribution in [2.75, 3.05) is 0 Å². The van der Waals surface area contributed by atoms with Crippen LogP contribution < -0.4 is 5.32 Å². The predicted molar refractivity (Wildman–Crippen MR) is 65.1 cm³/mol. The third kappa shape index (κ3) is 3.77. The molecule has 1 aliphatic carbocycles. The van der Waals surface area contributed by atoms with E-state index in [1.165, 1.54) is 0 Å². The largest absolute Gasteiger partial charge is 0.373 e. The summed E-state index contributed by atoms with van der Waals surface area (Å²) in [5.41, 5.74) is -0.488. The van der Waals surface area contributed by atoms with Gasteiger partial charge in [-0.25, -0.2) is 0 Å². The Hall–Kier alpha value is -0.590. The first-order valence-corrected chi connectivity index (χ1v) is 6.13. The normalized spacial score (nSPS) is 30.7. The summed E-state index contributed by atoms with van der Waals surface area (Å²) in [5.74, 6) is 0. The van der Waals surface area contributed by atoms with Crippen LogP contribution in [0.25, 0.3) is 0 Å². The van der Waals surface area contributed by atoms with Gasteiger partial charge in [0.2, 0.25) is 0 Å². The van der Waals surface area contributed by atoms with E-state index in [0.717, 1.165) is 19.3 Å². The topological polar surface area (TPSA) is 45.0 Å². The second-order valence-electron chi connectivity index (χ2n) is 6.09. The molecule has 3 nitrogen and oxygen atoms in total. The maximum Gasteiger partial charge on any atom is 0.109 e. The number of hydrogen-bond acceptors (Lipinski definition) is 3. The highest BCUT2D eigenvalue weighted by atomic mass is 16.5. The van der Waals surface area contributed by atoms with Crippen LogP contribution in [-0.4, -0.2) is 23.3 Å². The Balaban J connectivity index is 2.58. The van der Waals surface area contributed by atoms with Crippen LogP contribution in [0, 0.1) is 11.3 Å². The molecule has 0 amide bonds. The lowest BCUT2D eigenvalue weighted by Gasteiger charge is -2.28. The van der Waals surface area contributed by atoms with Gasteiger partial charge in [0.05, 0.1) is 17.8 Å². The minimum Gasteiger partial charge on any atom is -0.373 e. The maximum atomic E-state index is 9.31. The Morgan fingerprint density at radius 2 is 2.06 bits per heavy atom. The van der Waals surface area contributed by atoms with Gasteiger partial charge in [-0.15, -0.1) is 0 Å². The molecule has 92 valence electrons. The van der Waals surface area contributed by atoms with Crippen molar-refractivity contribution in [1.82, 2.24) is 5.32 Å². The van der Waals surface area contributed by atoms with E-state index in [2.05, 4.69) is 46.0 Å². The highest BCUT2D eigenvalue weighted by Gasteiger charge is 2.41. The van der Waals surface area contributed by atoms with Gasteiger partial charge in [0.1, 0.15) is 5.54 Å². The lowest BCUT2D eigenvalue weighted by atomic mass is 9.98. The van der Waals surface area contributed by atoms with Crippen molar-refractivity contribution >= 4 is 0 Å². The number of nitrogens with one attached hydrogen (secondary N) is 1. The van der Waals surface area contributed by atoms with Crippen LogP contribution in [0.1, 0.15) is 53.9 Å². The summed E-state index contributed by atoms with van der Waals surface area (Å²) in [6, 6.07) is 2.77. The lowest BCUT2D eigenvalue weighted by Crippen LogP contribution is -2.46. The van der Waals surface area contributed by atoms with Crippen molar-refractivity contribution in [1.29, 1.82) is 5.26 Å². The van der Waals surface area contributed by atoms with E-state index in [0.29, 0.717) is 6.04 Å². The van der Waals surface area contributed by atoms with Crippen molar-refractivity contribution in [3.05, 3.63) is 0 Å². The Labute approximate surface area is 99.2 Å². The molecule has 2 atom stereocenters. The second-order valence-corrected chi connectivity index (χ2v) is 6.09. The number of nitrogens with zero attached hydrogens (tertiary/aromatic N) is 1. The molecule has 0 aromatic rings. The minimum absolute atomic E-state index is 0.117. The first-order valence-electron chi connectivity index (χ1n) is 6.13. The number of hydrogen-bond donors (Lipinski definition) is 1. The Bertz CT molecular complexity index is 275. The van der Waals surface area contributed by atoms with Crippen LogP contribution in [0.5, 0.6) is 0 Å². The fourth-order valence-electron chi connectivity index (χ4n) is 2.42. The number of nitriles is 1. The minimum atomic E-state index is -0.371. The highest BCUT2D eigenvalue weighted by Crippen LogP contribution is 2.34. The van der Waals surface area contributed by atoms with Crippen LogP contribution in [-0.2, 0) is 4.74 Å². The molecule has 0 radical (unpaired) electrons. The molecule has 1 rings (SSSR count). The summed E-state index contributed by atoms with van der Waals surface area (Å²) < 4.78 is 5.95. The molecule has 1 aliphatic rings. The van der Waals surface area contributed by atoms with Crippen molar-refractivity contribution in [3.63, 3.8) is 0 Å². The molecule has 0 heterocycles. The van der Waals surface area contributed by atoms with Gasteiger partial charge in [-0.2, -0.15) is 5.26 Å². The number of ether oxygens (including phenoxy) is 1. The monoisotopic (exact) mass is 224 g/mol. The van der Waals surface area contributed by atoms with Crippen molar-refractivity contribution < 1.29 is 4.74 Å². The molecule has 0 aromatic heterocycles. The van der Waals surface area contributed by atoms with Crippen LogP contribution in [0.2, 0.25) is 0 Å². The lowest BCUT2D eigenvalue weighted by molar-refractivity contribution is -0.0578. The smallest absolute Gasteiger partial charge is 0.109 e. The first kappa shape index (κ1) is 13.5. The molecule has 0 bridgehead atoms. The third-order valence-corrected chi connectivity index (χ3v) is 2.77. The van der Waals surface area contributed by atoms with Gasteiger partial charge in [0.25, 0.3) is 0 Å². The zero-order valence-corrected chi connectivity index (χ0v) is 11.1. The Morgan fingerprint density at radius 1 is 1.44 bits per heavy atom. The summed E-state index contributed by atoms with van der Waals surface area (Å²) in [4.78, 5) is 0. The van der Waals surface area contributed by atoms with Crippen LogP contribution >= 0.6 is 0 Å². The van der Waals surface area contributed by atoms with Gasteiger partial charge < -0.3 is 4.74 Å². The fraction of sp³-hybridized carbons (Fsp3) is 0.923. The van der Waals surface area contributed by atoms with E-state index in [-0.39, 0.29) is 17.2 Å². The maximum absolute atomic E-state index is 9.31. The van der Waals surface area contributed by atoms with Gasteiger partial charge in [-0.3, -0.25) is 5.32 Å². The first-order chi connectivity index (χ1) is 7.26. The quantitative estimate of drug-likeness (QED) is 0.801. The fourth-order valence-corrected chi connectivity index (χ4v) is 2.42. The third-order valence-electron chi connectivity index (χ3n) is 2.77. The molecular weight excluding hydrogens is 200 g/mol. The summed E-state index contributed by atoms with van der Waals surface area (Å²) >= 11 is 0. The van der Waals surface area contributed by atoms with Gasteiger partial charge in [0.15, 0.2) is 0 Å². The standard InChI is InChI=1S/C13H24N2O/c1-10(2)15-13(9-14)7-6-11(8-13)16-12(3,4)5/h10-11,15H,6-8H2,1-5H3. The van der Waals surface area contributed by atoms with Crippen molar-refractivity contribution in [3.8, 4) is 6.07 Å². The molecule has 2 unspecified atom stereocenters. The van der Waals surface area contributed by atoms with Crippen molar-refractivity contribution in [2.24, 2.45) is 0 Å².